The van der Waals surface area contributed by atoms with Crippen LogP contribution in [0.25, 0.3) is 0 Å². The molecule has 2 aromatic rings. The smallest absolute Gasteiger partial charge is 0.287 e. The zero-order valence-corrected chi connectivity index (χ0v) is 19.7. The van der Waals surface area contributed by atoms with Crippen LogP contribution in [0.1, 0.15) is 35.0 Å². The van der Waals surface area contributed by atoms with Crippen LogP contribution < -0.4 is 16.0 Å². The van der Waals surface area contributed by atoms with Crippen molar-refractivity contribution in [3.05, 3.63) is 57.5 Å². The van der Waals surface area contributed by atoms with Crippen LogP contribution in [0.15, 0.2) is 39.9 Å². The second kappa shape index (κ2) is 12.9. The van der Waals surface area contributed by atoms with Crippen molar-refractivity contribution in [1.82, 2.24) is 16.0 Å². The van der Waals surface area contributed by atoms with E-state index in [4.69, 9.17) is 27.6 Å². The van der Waals surface area contributed by atoms with Crippen molar-refractivity contribution < 1.29 is 9.21 Å². The molecule has 1 amide bonds. The number of aliphatic imine (C=N–C) groups is 1. The molecule has 2 rings (SSSR count). The van der Waals surface area contributed by atoms with Gasteiger partial charge in [0.1, 0.15) is 0 Å². The second-order valence-electron chi connectivity index (χ2n) is 5.90. The Morgan fingerprint density at radius 1 is 1.14 bits per heavy atom. The van der Waals surface area contributed by atoms with Gasteiger partial charge in [-0.15, -0.1) is 24.0 Å². The molecule has 3 N–H and O–H groups in total. The highest BCUT2D eigenvalue weighted by atomic mass is 127. The summed E-state index contributed by atoms with van der Waals surface area (Å²) in [5.74, 6) is 0.852. The molecule has 0 bridgehead atoms. The van der Waals surface area contributed by atoms with Gasteiger partial charge < -0.3 is 20.4 Å². The molecule has 1 heterocycles. The molecule has 0 radical (unpaired) electrons. The summed E-state index contributed by atoms with van der Waals surface area (Å²) in [5, 5.41) is 10.5. The topological polar surface area (TPSA) is 78.7 Å². The van der Waals surface area contributed by atoms with Crippen molar-refractivity contribution in [3.8, 4) is 0 Å². The predicted octanol–water partition coefficient (Wildman–Crippen LogP) is 4.39. The van der Waals surface area contributed by atoms with Gasteiger partial charge >= 0.3 is 0 Å². The zero-order valence-electron chi connectivity index (χ0n) is 15.9. The minimum absolute atomic E-state index is 0. The highest BCUT2D eigenvalue weighted by molar-refractivity contribution is 14.0. The normalized spacial score (nSPS) is 10.9. The lowest BCUT2D eigenvalue weighted by molar-refractivity contribution is 0.0925. The number of halogens is 3. The fourth-order valence-electron chi connectivity index (χ4n) is 2.34. The molecule has 1 aromatic heterocycles. The van der Waals surface area contributed by atoms with E-state index < -0.39 is 0 Å². The molecular weight excluding hydrogens is 514 g/mol. The number of hydrogen-bond acceptors (Lipinski definition) is 3. The van der Waals surface area contributed by atoms with Gasteiger partial charge in [-0.25, -0.2) is 4.99 Å². The molecule has 0 aliphatic rings. The largest absolute Gasteiger partial charge is 0.459 e. The van der Waals surface area contributed by atoms with Crippen molar-refractivity contribution in [2.24, 2.45) is 4.99 Å². The van der Waals surface area contributed by atoms with E-state index in [-0.39, 0.29) is 29.9 Å². The van der Waals surface area contributed by atoms with Crippen LogP contribution in [0.4, 0.5) is 0 Å². The number of aryl methyl sites for hydroxylation is 1. The molecule has 0 aliphatic heterocycles. The Kier molecular flexibility index (Phi) is 11.3. The van der Waals surface area contributed by atoms with Crippen molar-refractivity contribution in [3.63, 3.8) is 0 Å². The van der Waals surface area contributed by atoms with Gasteiger partial charge in [0.05, 0.1) is 12.8 Å². The third-order valence-electron chi connectivity index (χ3n) is 3.77. The fraction of sp³-hybridized carbons (Fsp3) is 0.368. The van der Waals surface area contributed by atoms with Crippen LogP contribution in [-0.2, 0) is 6.54 Å². The first-order chi connectivity index (χ1) is 13.0. The Balaban J connectivity index is 0.00000392. The zero-order chi connectivity index (χ0) is 19.6. The molecule has 0 atom stereocenters. The molecule has 28 heavy (non-hydrogen) atoms. The van der Waals surface area contributed by atoms with Crippen LogP contribution in [0.5, 0.6) is 0 Å². The lowest BCUT2D eigenvalue weighted by Crippen LogP contribution is -2.38. The van der Waals surface area contributed by atoms with E-state index in [2.05, 4.69) is 20.9 Å². The maximum atomic E-state index is 12.0. The Labute approximate surface area is 192 Å². The SMILES string of the molecule is CCNC(=NCc1ccc(Cl)cc1Cl)NCCCNC(=O)c1occc1C.I. The van der Waals surface area contributed by atoms with Gasteiger partial charge in [0.15, 0.2) is 11.7 Å². The van der Waals surface area contributed by atoms with Crippen LogP contribution in [0.3, 0.4) is 0 Å². The number of nitrogens with one attached hydrogen (secondary N) is 3. The second-order valence-corrected chi connectivity index (χ2v) is 6.74. The Morgan fingerprint density at radius 3 is 2.54 bits per heavy atom. The predicted molar refractivity (Wildman–Crippen MR) is 125 cm³/mol. The summed E-state index contributed by atoms with van der Waals surface area (Å²) in [4.78, 5) is 16.5. The number of amides is 1. The maximum Gasteiger partial charge on any atom is 0.287 e. The fourth-order valence-corrected chi connectivity index (χ4v) is 2.81. The minimum atomic E-state index is -0.199. The Bertz CT molecular complexity index is 796. The summed E-state index contributed by atoms with van der Waals surface area (Å²) in [6, 6.07) is 7.13. The average Bonchev–Trinajstić information content (AvgIpc) is 3.06. The monoisotopic (exact) mass is 538 g/mol. The number of furan rings is 1. The first-order valence-electron chi connectivity index (χ1n) is 8.79. The summed E-state index contributed by atoms with van der Waals surface area (Å²) >= 11 is 12.1. The third kappa shape index (κ3) is 7.89. The number of nitrogens with zero attached hydrogens (tertiary/aromatic N) is 1. The van der Waals surface area contributed by atoms with Crippen molar-refractivity contribution in [2.75, 3.05) is 19.6 Å². The number of benzene rings is 1. The molecule has 9 heteroatoms. The number of carbonyl (C=O) groups is 1. The van der Waals surface area contributed by atoms with Crippen LogP contribution in [0.2, 0.25) is 10.0 Å². The summed E-state index contributed by atoms with van der Waals surface area (Å²) < 4.78 is 5.17. The third-order valence-corrected chi connectivity index (χ3v) is 4.35. The molecule has 0 aliphatic carbocycles. The lowest BCUT2D eigenvalue weighted by atomic mass is 10.2. The van der Waals surface area contributed by atoms with Gasteiger partial charge in [-0.1, -0.05) is 29.3 Å². The first-order valence-corrected chi connectivity index (χ1v) is 9.55. The molecule has 0 saturated carbocycles. The lowest BCUT2D eigenvalue weighted by Gasteiger charge is -2.12. The van der Waals surface area contributed by atoms with E-state index in [9.17, 15) is 4.79 Å². The van der Waals surface area contributed by atoms with Crippen LogP contribution in [0, 0.1) is 6.92 Å². The van der Waals surface area contributed by atoms with Gasteiger partial charge in [0, 0.05) is 35.2 Å². The number of guanidine groups is 1. The molecular formula is C19H25Cl2IN4O2. The van der Waals surface area contributed by atoms with E-state index in [1.54, 1.807) is 18.2 Å². The van der Waals surface area contributed by atoms with E-state index in [1.807, 2.05) is 19.9 Å². The minimum Gasteiger partial charge on any atom is -0.459 e. The highest BCUT2D eigenvalue weighted by Gasteiger charge is 2.11. The number of carbonyl (C=O) groups excluding carboxylic acids is 1. The van der Waals surface area contributed by atoms with Crippen molar-refractivity contribution >= 4 is 59.0 Å². The van der Waals surface area contributed by atoms with Gasteiger partial charge in [-0.05, 0) is 44.0 Å². The summed E-state index contributed by atoms with van der Waals surface area (Å²) in [6.45, 7) is 6.23. The van der Waals surface area contributed by atoms with Gasteiger partial charge in [-0.2, -0.15) is 0 Å². The molecule has 0 fully saturated rings. The standard InChI is InChI=1S/C19H24Cl2N4O2.HI/c1-3-22-19(25-12-14-5-6-15(20)11-16(14)21)24-9-4-8-23-18(26)17-13(2)7-10-27-17;/h5-7,10-11H,3-4,8-9,12H2,1-2H3,(H,23,26)(H2,22,24,25);1H. The molecule has 0 unspecified atom stereocenters. The molecule has 0 saturated heterocycles. The van der Waals surface area contributed by atoms with E-state index >= 15 is 0 Å². The Hall–Kier alpha value is -1.45. The van der Waals surface area contributed by atoms with Crippen LogP contribution >= 0.6 is 47.2 Å². The Morgan fingerprint density at radius 2 is 1.89 bits per heavy atom. The van der Waals surface area contributed by atoms with Crippen LogP contribution in [-0.4, -0.2) is 31.5 Å². The number of rotatable bonds is 8. The van der Waals surface area contributed by atoms with E-state index in [0.29, 0.717) is 41.4 Å². The van der Waals surface area contributed by atoms with Gasteiger partial charge in [0.2, 0.25) is 0 Å². The summed E-state index contributed by atoms with van der Waals surface area (Å²) in [6.07, 6.45) is 2.26. The molecule has 6 nitrogen and oxygen atoms in total. The van der Waals surface area contributed by atoms with Crippen molar-refractivity contribution in [1.29, 1.82) is 0 Å². The first kappa shape index (κ1) is 24.6. The summed E-state index contributed by atoms with van der Waals surface area (Å²) in [7, 11) is 0. The average molecular weight is 539 g/mol. The molecule has 154 valence electrons. The molecule has 1 aromatic carbocycles. The van der Waals surface area contributed by atoms with Gasteiger partial charge in [0.25, 0.3) is 5.91 Å². The number of hydrogen-bond donors (Lipinski definition) is 3. The quantitative estimate of drug-likeness (QED) is 0.201. The maximum absolute atomic E-state index is 12.0. The van der Waals surface area contributed by atoms with Crippen molar-refractivity contribution in [2.45, 2.75) is 26.8 Å². The van der Waals surface area contributed by atoms with E-state index in [0.717, 1.165) is 24.1 Å². The summed E-state index contributed by atoms with van der Waals surface area (Å²) in [5.41, 5.74) is 1.73. The van der Waals surface area contributed by atoms with Gasteiger partial charge in [-0.3, -0.25) is 4.79 Å². The molecule has 0 spiro atoms. The van der Waals surface area contributed by atoms with E-state index in [1.165, 1.54) is 6.26 Å². The highest BCUT2D eigenvalue weighted by Crippen LogP contribution is 2.21.